The second-order valence-corrected chi connectivity index (χ2v) is 4.36. The molecule has 81 valence electrons. The highest BCUT2D eigenvalue weighted by atomic mass is 15.2. The number of hydrogen-bond acceptors (Lipinski definition) is 1. The molecule has 0 bridgehead atoms. The van der Waals surface area contributed by atoms with Crippen LogP contribution in [0.4, 0.5) is 0 Å². The Balaban J connectivity index is 1.88. The highest BCUT2D eigenvalue weighted by molar-refractivity contribution is 5.15. The van der Waals surface area contributed by atoms with Crippen LogP contribution in [0, 0.1) is 6.54 Å². The number of benzene rings is 1. The van der Waals surface area contributed by atoms with Gasteiger partial charge in [-0.2, -0.15) is 0 Å². The SMILES string of the molecule is CCC[CH]N(Cc1ccccc1)C1CC1. The van der Waals surface area contributed by atoms with E-state index in [0.29, 0.717) is 0 Å². The topological polar surface area (TPSA) is 3.24 Å². The maximum absolute atomic E-state index is 2.53. The van der Waals surface area contributed by atoms with Crippen molar-refractivity contribution in [3.05, 3.63) is 42.4 Å². The van der Waals surface area contributed by atoms with E-state index in [0.717, 1.165) is 12.6 Å². The molecule has 1 heteroatoms. The van der Waals surface area contributed by atoms with Crippen molar-refractivity contribution in [1.29, 1.82) is 0 Å². The van der Waals surface area contributed by atoms with Crippen molar-refractivity contribution in [3.8, 4) is 0 Å². The first-order chi connectivity index (χ1) is 7.40. The van der Waals surface area contributed by atoms with Crippen molar-refractivity contribution in [2.24, 2.45) is 0 Å². The zero-order valence-electron chi connectivity index (χ0n) is 9.52. The van der Waals surface area contributed by atoms with E-state index >= 15 is 0 Å². The van der Waals surface area contributed by atoms with Crippen molar-refractivity contribution >= 4 is 0 Å². The molecule has 0 heterocycles. The summed E-state index contributed by atoms with van der Waals surface area (Å²) in [5.74, 6) is 0. The monoisotopic (exact) mass is 202 g/mol. The summed E-state index contributed by atoms with van der Waals surface area (Å²) in [6.07, 6.45) is 5.22. The molecular formula is C14H20N. The Bertz CT molecular complexity index is 277. The fourth-order valence-electron chi connectivity index (χ4n) is 1.84. The van der Waals surface area contributed by atoms with Crippen LogP contribution in [0.15, 0.2) is 30.3 Å². The van der Waals surface area contributed by atoms with Crippen molar-refractivity contribution in [2.45, 2.75) is 45.2 Å². The first-order valence-corrected chi connectivity index (χ1v) is 6.03. The lowest BCUT2D eigenvalue weighted by molar-refractivity contribution is 0.305. The van der Waals surface area contributed by atoms with Gasteiger partial charge in [0.05, 0.1) is 0 Å². The van der Waals surface area contributed by atoms with Gasteiger partial charge in [-0.15, -0.1) is 0 Å². The molecule has 0 atom stereocenters. The fourth-order valence-corrected chi connectivity index (χ4v) is 1.84. The first-order valence-electron chi connectivity index (χ1n) is 6.03. The molecule has 1 aliphatic rings. The minimum atomic E-state index is 0.830. The van der Waals surface area contributed by atoms with E-state index in [1.165, 1.54) is 31.2 Å². The molecule has 0 aromatic heterocycles. The lowest BCUT2D eigenvalue weighted by atomic mass is 10.2. The Morgan fingerprint density at radius 1 is 1.27 bits per heavy atom. The van der Waals surface area contributed by atoms with Crippen LogP contribution in [0.5, 0.6) is 0 Å². The van der Waals surface area contributed by atoms with Crippen molar-refractivity contribution < 1.29 is 0 Å². The summed E-state index contributed by atoms with van der Waals surface area (Å²) in [4.78, 5) is 2.53. The molecule has 1 saturated carbocycles. The Kier molecular flexibility index (Phi) is 3.79. The molecular weight excluding hydrogens is 182 g/mol. The summed E-state index contributed by atoms with van der Waals surface area (Å²) in [5.41, 5.74) is 1.43. The van der Waals surface area contributed by atoms with Gasteiger partial charge in [-0.1, -0.05) is 43.7 Å². The van der Waals surface area contributed by atoms with Crippen LogP contribution in [0.25, 0.3) is 0 Å². The quantitative estimate of drug-likeness (QED) is 0.681. The fraction of sp³-hybridized carbons (Fsp3) is 0.500. The molecule has 1 fully saturated rings. The second-order valence-electron chi connectivity index (χ2n) is 4.36. The van der Waals surface area contributed by atoms with Crippen LogP contribution in [0.3, 0.4) is 0 Å². The molecule has 0 amide bonds. The standard InChI is InChI=1S/C14H20N/c1-2-3-11-15(14-9-10-14)12-13-7-5-4-6-8-13/h4-8,11,14H,2-3,9-10,12H2,1H3. The van der Waals surface area contributed by atoms with Gasteiger partial charge in [-0.25, -0.2) is 0 Å². The normalized spacial score (nSPS) is 15.9. The van der Waals surface area contributed by atoms with E-state index < -0.39 is 0 Å². The molecule has 0 saturated heterocycles. The van der Waals surface area contributed by atoms with E-state index in [1.807, 2.05) is 0 Å². The van der Waals surface area contributed by atoms with Gasteiger partial charge in [0.2, 0.25) is 0 Å². The van der Waals surface area contributed by atoms with Gasteiger partial charge in [-0.05, 0) is 24.8 Å². The molecule has 2 rings (SSSR count). The van der Waals surface area contributed by atoms with E-state index in [9.17, 15) is 0 Å². The molecule has 0 N–H and O–H groups in total. The van der Waals surface area contributed by atoms with Crippen LogP contribution in [-0.4, -0.2) is 10.9 Å². The average Bonchev–Trinajstić information content (AvgIpc) is 3.09. The maximum atomic E-state index is 2.53. The van der Waals surface area contributed by atoms with Gasteiger partial charge in [-0.3, -0.25) is 4.90 Å². The van der Waals surface area contributed by atoms with Crippen molar-refractivity contribution in [3.63, 3.8) is 0 Å². The Morgan fingerprint density at radius 3 is 2.60 bits per heavy atom. The van der Waals surface area contributed by atoms with E-state index in [-0.39, 0.29) is 0 Å². The van der Waals surface area contributed by atoms with Gasteiger partial charge < -0.3 is 0 Å². The van der Waals surface area contributed by atoms with Crippen molar-refractivity contribution in [2.75, 3.05) is 0 Å². The molecule has 0 aliphatic heterocycles. The zero-order chi connectivity index (χ0) is 10.5. The van der Waals surface area contributed by atoms with Gasteiger partial charge in [0.1, 0.15) is 0 Å². The molecule has 1 radical (unpaired) electrons. The van der Waals surface area contributed by atoms with Crippen molar-refractivity contribution in [1.82, 2.24) is 4.90 Å². The van der Waals surface area contributed by atoms with Gasteiger partial charge in [0.25, 0.3) is 0 Å². The average molecular weight is 202 g/mol. The molecule has 1 aliphatic carbocycles. The van der Waals surface area contributed by atoms with Crippen LogP contribution in [0.2, 0.25) is 0 Å². The third-order valence-electron chi connectivity index (χ3n) is 2.88. The zero-order valence-corrected chi connectivity index (χ0v) is 9.52. The van der Waals surface area contributed by atoms with E-state index in [1.54, 1.807) is 0 Å². The van der Waals surface area contributed by atoms with Gasteiger partial charge >= 0.3 is 0 Å². The highest BCUT2D eigenvalue weighted by Gasteiger charge is 2.28. The van der Waals surface area contributed by atoms with Crippen LogP contribution in [-0.2, 0) is 6.54 Å². The summed E-state index contributed by atoms with van der Waals surface area (Å²) in [6.45, 7) is 5.72. The summed E-state index contributed by atoms with van der Waals surface area (Å²) in [5, 5.41) is 0. The molecule has 0 spiro atoms. The Labute approximate surface area is 93.1 Å². The molecule has 0 unspecified atom stereocenters. The summed E-state index contributed by atoms with van der Waals surface area (Å²) in [6, 6.07) is 11.6. The molecule has 1 aromatic carbocycles. The lowest BCUT2D eigenvalue weighted by Gasteiger charge is -2.21. The predicted octanol–water partition coefficient (Wildman–Crippen LogP) is 3.61. The largest absolute Gasteiger partial charge is 0.292 e. The number of rotatable bonds is 6. The Morgan fingerprint density at radius 2 is 2.00 bits per heavy atom. The number of nitrogens with zero attached hydrogens (tertiary/aromatic N) is 1. The summed E-state index contributed by atoms with van der Waals surface area (Å²) in [7, 11) is 0. The molecule has 15 heavy (non-hydrogen) atoms. The molecule has 1 aromatic rings. The summed E-state index contributed by atoms with van der Waals surface area (Å²) < 4.78 is 0. The third-order valence-corrected chi connectivity index (χ3v) is 2.88. The second kappa shape index (κ2) is 5.32. The third kappa shape index (κ3) is 3.35. The van der Waals surface area contributed by atoms with E-state index in [4.69, 9.17) is 0 Å². The van der Waals surface area contributed by atoms with Crippen LogP contribution in [0.1, 0.15) is 38.2 Å². The predicted molar refractivity (Wildman–Crippen MR) is 64.2 cm³/mol. The number of unbranched alkanes of at least 4 members (excludes halogenated alkanes) is 1. The van der Waals surface area contributed by atoms with Gasteiger partial charge in [0, 0.05) is 19.1 Å². The smallest absolute Gasteiger partial charge is 0.0258 e. The number of hydrogen-bond donors (Lipinski definition) is 0. The first kappa shape index (κ1) is 10.7. The minimum absolute atomic E-state index is 0.830. The minimum Gasteiger partial charge on any atom is -0.292 e. The van der Waals surface area contributed by atoms with Crippen LogP contribution >= 0.6 is 0 Å². The summed E-state index contributed by atoms with van der Waals surface area (Å²) >= 11 is 0. The maximum Gasteiger partial charge on any atom is 0.0258 e. The lowest BCUT2D eigenvalue weighted by Crippen LogP contribution is -2.22. The van der Waals surface area contributed by atoms with Gasteiger partial charge in [0.15, 0.2) is 0 Å². The van der Waals surface area contributed by atoms with E-state index in [2.05, 4.69) is 48.7 Å². The van der Waals surface area contributed by atoms with Crippen LogP contribution < -0.4 is 0 Å². The molecule has 1 nitrogen and oxygen atoms in total. The Hall–Kier alpha value is -0.820. The highest BCUT2D eigenvalue weighted by Crippen LogP contribution is 2.29.